The third kappa shape index (κ3) is 3.80. The summed E-state index contributed by atoms with van der Waals surface area (Å²) in [6.45, 7) is -0.0324. The first kappa shape index (κ1) is 13.5. The normalized spacial score (nSPS) is 10.2. The number of nitrogens with zero attached hydrogens (tertiary/aromatic N) is 3. The Bertz CT molecular complexity index is 619. The predicted octanol–water partition coefficient (Wildman–Crippen LogP) is -0.473. The zero-order chi connectivity index (χ0) is 14.5. The van der Waals surface area contributed by atoms with E-state index < -0.39 is 5.91 Å². The highest BCUT2D eigenvalue weighted by Gasteiger charge is 2.07. The number of nitrogens with one attached hydrogen (secondary N) is 1. The highest BCUT2D eigenvalue weighted by Crippen LogP contribution is 2.07. The van der Waals surface area contributed by atoms with Gasteiger partial charge >= 0.3 is 0 Å². The maximum Gasteiger partial charge on any atom is 0.239 e. The molecule has 2 rings (SSSR count). The van der Waals surface area contributed by atoms with Crippen molar-refractivity contribution in [3.8, 4) is 0 Å². The second-order valence-corrected chi connectivity index (χ2v) is 4.20. The van der Waals surface area contributed by atoms with E-state index in [1.165, 1.54) is 23.3 Å². The van der Waals surface area contributed by atoms with E-state index in [-0.39, 0.29) is 18.9 Å². The molecule has 5 N–H and O–H groups in total. The zero-order valence-electron chi connectivity index (χ0n) is 10.6. The van der Waals surface area contributed by atoms with E-state index in [1.807, 2.05) is 0 Å². The van der Waals surface area contributed by atoms with Gasteiger partial charge in [0.1, 0.15) is 6.54 Å². The molecule has 104 valence electrons. The lowest BCUT2D eigenvalue weighted by atomic mass is 10.2. The number of nitrogen functional groups attached to an aromatic ring is 1. The molecule has 8 nitrogen and oxygen atoms in total. The van der Waals surface area contributed by atoms with Gasteiger partial charge in [0.05, 0.1) is 30.2 Å². The van der Waals surface area contributed by atoms with Crippen molar-refractivity contribution in [3.63, 3.8) is 0 Å². The van der Waals surface area contributed by atoms with Gasteiger partial charge in [-0.05, 0) is 12.1 Å². The lowest BCUT2D eigenvalue weighted by Crippen LogP contribution is -2.19. The van der Waals surface area contributed by atoms with Crippen molar-refractivity contribution in [2.45, 2.75) is 13.0 Å². The molecule has 2 amide bonds. The second-order valence-electron chi connectivity index (χ2n) is 4.20. The van der Waals surface area contributed by atoms with Crippen LogP contribution in [-0.2, 0) is 22.6 Å². The summed E-state index contributed by atoms with van der Waals surface area (Å²) in [5.74, 6) is -0.738. The highest BCUT2D eigenvalue weighted by molar-refractivity contribution is 5.91. The minimum Gasteiger partial charge on any atom is -0.397 e. The van der Waals surface area contributed by atoms with Crippen molar-refractivity contribution in [3.05, 3.63) is 36.4 Å². The Morgan fingerprint density at radius 1 is 1.30 bits per heavy atom. The molecule has 2 aromatic heterocycles. The van der Waals surface area contributed by atoms with Crippen LogP contribution in [0.2, 0.25) is 0 Å². The first-order valence-corrected chi connectivity index (χ1v) is 5.84. The Labute approximate surface area is 114 Å². The fourth-order valence-corrected chi connectivity index (χ4v) is 1.58. The van der Waals surface area contributed by atoms with Gasteiger partial charge in [0, 0.05) is 11.9 Å². The minimum atomic E-state index is -0.503. The van der Waals surface area contributed by atoms with Crippen molar-refractivity contribution in [2.75, 3.05) is 11.1 Å². The lowest BCUT2D eigenvalue weighted by Gasteiger charge is -2.02. The summed E-state index contributed by atoms with van der Waals surface area (Å²) < 4.78 is 1.35. The van der Waals surface area contributed by atoms with Crippen molar-refractivity contribution in [2.24, 2.45) is 5.73 Å². The molecule has 0 aliphatic rings. The number of rotatable bonds is 5. The summed E-state index contributed by atoms with van der Waals surface area (Å²) in [6, 6.07) is 3.37. The average Bonchev–Trinajstić information content (AvgIpc) is 2.78. The monoisotopic (exact) mass is 274 g/mol. The fourth-order valence-electron chi connectivity index (χ4n) is 1.58. The second kappa shape index (κ2) is 5.83. The molecule has 0 fully saturated rings. The Balaban J connectivity index is 1.92. The number of hydrogen-bond acceptors (Lipinski definition) is 5. The molecule has 0 bridgehead atoms. The summed E-state index contributed by atoms with van der Waals surface area (Å²) in [5.41, 5.74) is 12.2. The maximum atomic E-state index is 11.8. The Morgan fingerprint density at radius 3 is 2.75 bits per heavy atom. The molecule has 0 saturated heterocycles. The van der Waals surface area contributed by atoms with E-state index in [0.29, 0.717) is 17.1 Å². The molecule has 20 heavy (non-hydrogen) atoms. The van der Waals surface area contributed by atoms with Gasteiger partial charge in [-0.25, -0.2) is 0 Å². The standard InChI is InChI=1S/C12H14N6O2/c13-8-1-2-9(15-4-8)3-12(20)17-10-5-16-18(6-10)7-11(14)19/h1-2,4-6H,3,7,13H2,(H2,14,19)(H,17,20). The number of amides is 2. The zero-order valence-corrected chi connectivity index (χ0v) is 10.6. The third-order valence-electron chi connectivity index (χ3n) is 2.42. The number of primary amides is 1. The van der Waals surface area contributed by atoms with Crippen LogP contribution in [0, 0.1) is 0 Å². The van der Waals surface area contributed by atoms with Crippen LogP contribution >= 0.6 is 0 Å². The molecule has 0 atom stereocenters. The summed E-state index contributed by atoms with van der Waals surface area (Å²) in [5, 5.41) is 6.55. The van der Waals surface area contributed by atoms with E-state index >= 15 is 0 Å². The largest absolute Gasteiger partial charge is 0.397 e. The number of aromatic nitrogens is 3. The van der Waals surface area contributed by atoms with Gasteiger partial charge in [-0.15, -0.1) is 0 Å². The number of anilines is 2. The topological polar surface area (TPSA) is 129 Å². The molecule has 0 aliphatic carbocycles. The highest BCUT2D eigenvalue weighted by atomic mass is 16.2. The van der Waals surface area contributed by atoms with Crippen LogP contribution in [0.3, 0.4) is 0 Å². The number of hydrogen-bond donors (Lipinski definition) is 3. The molecular formula is C12H14N6O2. The molecule has 2 heterocycles. The molecule has 0 spiro atoms. The summed E-state index contributed by atoms with van der Waals surface area (Å²) in [6.07, 6.45) is 4.59. The van der Waals surface area contributed by atoms with Crippen LogP contribution in [0.4, 0.5) is 11.4 Å². The SMILES string of the molecule is NC(=O)Cn1cc(NC(=O)Cc2ccc(N)cn2)cn1. The van der Waals surface area contributed by atoms with Crippen LogP contribution in [0.5, 0.6) is 0 Å². The maximum absolute atomic E-state index is 11.8. The van der Waals surface area contributed by atoms with Crippen molar-refractivity contribution < 1.29 is 9.59 Å². The lowest BCUT2D eigenvalue weighted by molar-refractivity contribution is -0.118. The smallest absolute Gasteiger partial charge is 0.239 e. The van der Waals surface area contributed by atoms with E-state index in [9.17, 15) is 9.59 Å². The number of pyridine rings is 1. The molecule has 2 aromatic rings. The van der Waals surface area contributed by atoms with Crippen LogP contribution < -0.4 is 16.8 Å². The van der Waals surface area contributed by atoms with E-state index in [4.69, 9.17) is 11.5 Å². The Kier molecular flexibility index (Phi) is 3.94. The molecule has 8 heteroatoms. The first-order chi connectivity index (χ1) is 9.52. The summed E-state index contributed by atoms with van der Waals surface area (Å²) in [4.78, 5) is 26.5. The third-order valence-corrected chi connectivity index (χ3v) is 2.42. The van der Waals surface area contributed by atoms with Gasteiger partial charge in [-0.3, -0.25) is 19.3 Å². The van der Waals surface area contributed by atoms with Crippen LogP contribution in [0.1, 0.15) is 5.69 Å². The molecule has 0 aliphatic heterocycles. The van der Waals surface area contributed by atoms with Crippen LogP contribution in [0.15, 0.2) is 30.7 Å². The number of carbonyl (C=O) groups excluding carboxylic acids is 2. The molecule has 0 saturated carbocycles. The fraction of sp³-hybridized carbons (Fsp3) is 0.167. The number of nitrogens with two attached hydrogens (primary N) is 2. The van der Waals surface area contributed by atoms with Gasteiger partial charge in [-0.2, -0.15) is 5.10 Å². The van der Waals surface area contributed by atoms with E-state index in [0.717, 1.165) is 0 Å². The van der Waals surface area contributed by atoms with Gasteiger partial charge in [0.25, 0.3) is 0 Å². The first-order valence-electron chi connectivity index (χ1n) is 5.84. The van der Waals surface area contributed by atoms with Crippen molar-refractivity contribution >= 4 is 23.2 Å². The van der Waals surface area contributed by atoms with Gasteiger partial charge in [-0.1, -0.05) is 0 Å². The Morgan fingerprint density at radius 2 is 2.10 bits per heavy atom. The molecule has 0 aromatic carbocycles. The van der Waals surface area contributed by atoms with Gasteiger partial charge in [0.15, 0.2) is 0 Å². The van der Waals surface area contributed by atoms with E-state index in [1.54, 1.807) is 12.1 Å². The van der Waals surface area contributed by atoms with E-state index in [2.05, 4.69) is 15.4 Å². The van der Waals surface area contributed by atoms with Gasteiger partial charge < -0.3 is 16.8 Å². The summed E-state index contributed by atoms with van der Waals surface area (Å²) >= 11 is 0. The molecular weight excluding hydrogens is 260 g/mol. The quantitative estimate of drug-likeness (QED) is 0.678. The number of carbonyl (C=O) groups is 2. The molecule has 0 unspecified atom stereocenters. The minimum absolute atomic E-state index is 0.0324. The van der Waals surface area contributed by atoms with Crippen LogP contribution in [0.25, 0.3) is 0 Å². The Hall–Kier alpha value is -2.90. The predicted molar refractivity (Wildman–Crippen MR) is 72.4 cm³/mol. The van der Waals surface area contributed by atoms with Crippen molar-refractivity contribution in [1.82, 2.24) is 14.8 Å². The summed E-state index contributed by atoms with van der Waals surface area (Å²) in [7, 11) is 0. The van der Waals surface area contributed by atoms with Crippen LogP contribution in [-0.4, -0.2) is 26.6 Å². The van der Waals surface area contributed by atoms with Crippen molar-refractivity contribution in [1.29, 1.82) is 0 Å². The molecule has 0 radical (unpaired) electrons. The average molecular weight is 274 g/mol. The van der Waals surface area contributed by atoms with Gasteiger partial charge in [0.2, 0.25) is 11.8 Å².